The maximum atomic E-state index is 11.5. The van der Waals surface area contributed by atoms with Gasteiger partial charge in [-0.2, -0.15) is 0 Å². The predicted molar refractivity (Wildman–Crippen MR) is 61.3 cm³/mol. The molecule has 0 unspecified atom stereocenters. The zero-order chi connectivity index (χ0) is 13.9. The molecular weight excluding hydrogens is 226 g/mol. The summed E-state index contributed by atoms with van der Waals surface area (Å²) in [4.78, 5) is 33.5. The molecule has 0 aromatic carbocycles. The lowest BCUT2D eigenvalue weighted by molar-refractivity contribution is -0.168. The van der Waals surface area contributed by atoms with E-state index in [1.54, 1.807) is 41.5 Å². The van der Waals surface area contributed by atoms with E-state index in [1.165, 1.54) is 0 Å². The van der Waals surface area contributed by atoms with Crippen molar-refractivity contribution < 1.29 is 19.1 Å². The molecule has 0 radical (unpaired) electrons. The lowest BCUT2D eigenvalue weighted by atomic mass is 10.1. The van der Waals surface area contributed by atoms with Crippen molar-refractivity contribution in [2.45, 2.75) is 58.8 Å². The summed E-state index contributed by atoms with van der Waals surface area (Å²) in [7, 11) is 0. The lowest BCUT2D eigenvalue weighted by Crippen LogP contribution is -2.39. The third-order valence-electron chi connectivity index (χ3n) is 1.37. The van der Waals surface area contributed by atoms with Crippen LogP contribution in [0.5, 0.6) is 0 Å². The van der Waals surface area contributed by atoms with Gasteiger partial charge in [-0.1, -0.05) is 0 Å². The number of esters is 2. The lowest BCUT2D eigenvalue weighted by Gasteiger charge is -2.23. The quantitative estimate of drug-likeness (QED) is 0.430. The second-order valence-electron chi connectivity index (χ2n) is 5.57. The zero-order valence-electron chi connectivity index (χ0n) is 11.1. The normalized spacial score (nSPS) is 12.2. The molecule has 0 atom stereocenters. The Morgan fingerprint density at radius 2 is 1.18 bits per heavy atom. The SMILES string of the molecule is CC(C)(C)OC(=O)C(N=O)C(=O)OC(C)(C)C. The highest BCUT2D eigenvalue weighted by atomic mass is 16.6. The van der Waals surface area contributed by atoms with Gasteiger partial charge >= 0.3 is 11.9 Å². The molecule has 0 bridgehead atoms. The van der Waals surface area contributed by atoms with Crippen LogP contribution in [-0.2, 0) is 19.1 Å². The van der Waals surface area contributed by atoms with Gasteiger partial charge in [-0.15, -0.1) is 4.91 Å². The van der Waals surface area contributed by atoms with Crippen LogP contribution < -0.4 is 0 Å². The third kappa shape index (κ3) is 6.65. The van der Waals surface area contributed by atoms with Crippen LogP contribution >= 0.6 is 0 Å². The van der Waals surface area contributed by atoms with Crippen molar-refractivity contribution in [2.24, 2.45) is 5.18 Å². The number of nitroso groups, excluding NO2 is 1. The summed E-state index contributed by atoms with van der Waals surface area (Å²) in [5, 5.41) is 2.46. The second-order valence-corrected chi connectivity index (χ2v) is 5.57. The Balaban J connectivity index is 4.68. The summed E-state index contributed by atoms with van der Waals surface area (Å²) in [6.45, 7) is 9.76. The molecule has 0 heterocycles. The molecule has 0 N–H and O–H groups in total. The summed E-state index contributed by atoms with van der Waals surface area (Å²) in [5.74, 6) is -2.00. The molecule has 0 aliphatic rings. The highest BCUT2D eigenvalue weighted by molar-refractivity contribution is 5.99. The van der Waals surface area contributed by atoms with Crippen molar-refractivity contribution >= 4 is 11.9 Å². The van der Waals surface area contributed by atoms with E-state index in [0.29, 0.717) is 0 Å². The van der Waals surface area contributed by atoms with Crippen LogP contribution in [0.15, 0.2) is 5.18 Å². The van der Waals surface area contributed by atoms with Gasteiger partial charge in [-0.05, 0) is 46.7 Å². The van der Waals surface area contributed by atoms with Gasteiger partial charge in [0.2, 0.25) is 0 Å². The van der Waals surface area contributed by atoms with Gasteiger partial charge in [-0.3, -0.25) is 0 Å². The van der Waals surface area contributed by atoms with Crippen molar-refractivity contribution in [1.82, 2.24) is 0 Å². The number of ether oxygens (including phenoxy) is 2. The van der Waals surface area contributed by atoms with Crippen molar-refractivity contribution in [3.05, 3.63) is 4.91 Å². The van der Waals surface area contributed by atoms with E-state index >= 15 is 0 Å². The topological polar surface area (TPSA) is 82.0 Å². The summed E-state index contributed by atoms with van der Waals surface area (Å²) < 4.78 is 9.79. The van der Waals surface area contributed by atoms with Gasteiger partial charge in [0.25, 0.3) is 6.04 Å². The molecule has 0 fully saturated rings. The second kappa shape index (κ2) is 5.25. The molecule has 0 aliphatic carbocycles. The molecule has 0 spiro atoms. The summed E-state index contributed by atoms with van der Waals surface area (Å²) in [6, 6.07) is -1.77. The van der Waals surface area contributed by atoms with Crippen LogP contribution in [0.25, 0.3) is 0 Å². The van der Waals surface area contributed by atoms with E-state index in [4.69, 9.17) is 9.47 Å². The van der Waals surface area contributed by atoms with Gasteiger partial charge in [-0.25, -0.2) is 9.59 Å². The Morgan fingerprint density at radius 3 is 1.35 bits per heavy atom. The standard InChI is InChI=1S/C11H19NO5/c1-10(2,3)16-8(13)7(12-15)9(14)17-11(4,5)6/h7H,1-6H3. The smallest absolute Gasteiger partial charge is 0.346 e. The fraction of sp³-hybridized carbons (Fsp3) is 0.818. The predicted octanol–water partition coefficient (Wildman–Crippen LogP) is 1.80. The largest absolute Gasteiger partial charge is 0.458 e. The molecule has 0 rings (SSSR count). The molecule has 6 heteroatoms. The Morgan fingerprint density at radius 1 is 0.882 bits per heavy atom. The zero-order valence-corrected chi connectivity index (χ0v) is 11.1. The highest BCUT2D eigenvalue weighted by Crippen LogP contribution is 2.14. The Labute approximate surface area is 101 Å². The van der Waals surface area contributed by atoms with Crippen LogP contribution in [0.3, 0.4) is 0 Å². The molecule has 0 amide bonds. The number of nitrogens with zero attached hydrogens (tertiary/aromatic N) is 1. The Bertz CT molecular complexity index is 283. The van der Waals surface area contributed by atoms with Crippen molar-refractivity contribution in [3.8, 4) is 0 Å². The van der Waals surface area contributed by atoms with Gasteiger partial charge in [0.05, 0.1) is 0 Å². The molecule has 0 saturated heterocycles. The molecule has 0 aromatic heterocycles. The number of hydrogen-bond acceptors (Lipinski definition) is 6. The van der Waals surface area contributed by atoms with Gasteiger partial charge < -0.3 is 9.47 Å². The van der Waals surface area contributed by atoms with Crippen molar-refractivity contribution in [1.29, 1.82) is 0 Å². The third-order valence-corrected chi connectivity index (χ3v) is 1.37. The number of carbonyl (C=O) groups is 2. The molecule has 0 aliphatic heterocycles. The Hall–Kier alpha value is -1.46. The van der Waals surface area contributed by atoms with E-state index in [-0.39, 0.29) is 0 Å². The van der Waals surface area contributed by atoms with E-state index < -0.39 is 29.2 Å². The van der Waals surface area contributed by atoms with Crippen LogP contribution in [0.4, 0.5) is 0 Å². The highest BCUT2D eigenvalue weighted by Gasteiger charge is 2.36. The first-order valence-electron chi connectivity index (χ1n) is 5.24. The van der Waals surface area contributed by atoms with E-state index in [2.05, 4.69) is 5.18 Å². The first kappa shape index (κ1) is 15.5. The van der Waals surface area contributed by atoms with E-state index in [1.807, 2.05) is 0 Å². The van der Waals surface area contributed by atoms with Gasteiger partial charge in [0, 0.05) is 0 Å². The molecule has 17 heavy (non-hydrogen) atoms. The minimum atomic E-state index is -1.77. The average Bonchev–Trinajstić information content (AvgIpc) is 1.96. The maximum absolute atomic E-state index is 11.5. The number of hydrogen-bond donors (Lipinski definition) is 0. The minimum absolute atomic E-state index is 0.790. The first-order chi connectivity index (χ1) is 7.46. The Kier molecular flexibility index (Phi) is 4.80. The van der Waals surface area contributed by atoms with Gasteiger partial charge in [0.15, 0.2) is 0 Å². The van der Waals surface area contributed by atoms with Crippen LogP contribution in [0.1, 0.15) is 41.5 Å². The van der Waals surface area contributed by atoms with Crippen molar-refractivity contribution in [2.75, 3.05) is 0 Å². The minimum Gasteiger partial charge on any atom is -0.458 e. The van der Waals surface area contributed by atoms with E-state index in [9.17, 15) is 14.5 Å². The molecule has 0 aromatic rings. The summed E-state index contributed by atoms with van der Waals surface area (Å²) in [6.07, 6.45) is 0. The van der Waals surface area contributed by atoms with Gasteiger partial charge in [0.1, 0.15) is 11.2 Å². The maximum Gasteiger partial charge on any atom is 0.346 e. The molecule has 0 saturated carbocycles. The number of rotatable bonds is 3. The van der Waals surface area contributed by atoms with Crippen LogP contribution in [0, 0.1) is 4.91 Å². The summed E-state index contributed by atoms with van der Waals surface area (Å²) in [5.41, 5.74) is -1.58. The first-order valence-corrected chi connectivity index (χ1v) is 5.24. The van der Waals surface area contributed by atoms with Crippen LogP contribution in [-0.4, -0.2) is 29.2 Å². The fourth-order valence-corrected chi connectivity index (χ4v) is 0.897. The van der Waals surface area contributed by atoms with Crippen LogP contribution in [0.2, 0.25) is 0 Å². The van der Waals surface area contributed by atoms with Crippen molar-refractivity contribution in [3.63, 3.8) is 0 Å². The monoisotopic (exact) mass is 245 g/mol. The molecular formula is C11H19NO5. The molecule has 6 nitrogen and oxygen atoms in total. The van der Waals surface area contributed by atoms with E-state index in [0.717, 1.165) is 0 Å². The summed E-state index contributed by atoms with van der Waals surface area (Å²) >= 11 is 0. The fourth-order valence-electron chi connectivity index (χ4n) is 0.897. The number of carbonyl (C=O) groups excluding carboxylic acids is 2. The average molecular weight is 245 g/mol. The molecule has 98 valence electrons.